The minimum Gasteiger partial charge on any atom is -0.461 e. The highest BCUT2D eigenvalue weighted by atomic mass is 17.0. The van der Waals surface area contributed by atoms with Crippen LogP contribution in [0.4, 0.5) is 4.79 Å². The Morgan fingerprint density at radius 2 is 1.22 bits per heavy atom. The number of hydrogen-bond donors (Lipinski definition) is 1. The predicted molar refractivity (Wildman–Crippen MR) is 64.0 cm³/mol. The Morgan fingerprint density at radius 1 is 0.833 bits per heavy atom. The quantitative estimate of drug-likeness (QED) is 0.841. The lowest BCUT2D eigenvalue weighted by Gasteiger charge is -2.18. The number of rotatable bonds is 4. The summed E-state index contributed by atoms with van der Waals surface area (Å²) >= 11 is 0. The van der Waals surface area contributed by atoms with E-state index in [4.69, 9.17) is 14.8 Å². The maximum atomic E-state index is 11.0. The van der Waals surface area contributed by atoms with Crippen molar-refractivity contribution in [3.63, 3.8) is 0 Å². The van der Waals surface area contributed by atoms with Gasteiger partial charge in [-0.25, -0.2) is 4.79 Å². The van der Waals surface area contributed by atoms with E-state index in [9.17, 15) is 4.79 Å². The van der Waals surface area contributed by atoms with Crippen LogP contribution in [0.3, 0.4) is 0 Å². The molecular weight excluding hydrogens is 234 g/mol. The molecule has 5 heteroatoms. The van der Waals surface area contributed by atoms with Gasteiger partial charge in [0.15, 0.2) is 11.5 Å². The van der Waals surface area contributed by atoms with Crippen LogP contribution < -0.4 is 9.68 Å². The Hall–Kier alpha value is -2.69. The maximum Gasteiger partial charge on any atom is 0.476 e. The van der Waals surface area contributed by atoms with Gasteiger partial charge in [-0.2, -0.15) is 0 Å². The Labute approximate surface area is 104 Å². The van der Waals surface area contributed by atoms with Crippen LogP contribution in [0.1, 0.15) is 0 Å². The summed E-state index contributed by atoms with van der Waals surface area (Å²) in [6, 6.07) is 17.1. The van der Waals surface area contributed by atoms with Gasteiger partial charge in [0.2, 0.25) is 0 Å². The van der Waals surface area contributed by atoms with Gasteiger partial charge >= 0.3 is 6.09 Å². The number of amides is 1. The number of hydrogen-bond acceptors (Lipinski definition) is 3. The summed E-state index contributed by atoms with van der Waals surface area (Å²) in [6.07, 6.45) is -1.34. The summed E-state index contributed by atoms with van der Waals surface area (Å²) < 4.78 is 0. The van der Waals surface area contributed by atoms with Crippen LogP contribution in [-0.4, -0.2) is 16.4 Å². The normalized spacial score (nSPS) is 9.56. The molecule has 2 aromatic rings. The van der Waals surface area contributed by atoms with Gasteiger partial charge in [0.25, 0.3) is 0 Å². The van der Waals surface area contributed by atoms with Gasteiger partial charge in [-0.1, -0.05) is 36.4 Å². The molecular formula is C13H11NO4. The maximum absolute atomic E-state index is 11.0. The molecule has 2 aromatic carbocycles. The molecule has 0 spiro atoms. The average molecular weight is 245 g/mol. The second kappa shape index (κ2) is 5.58. The lowest BCUT2D eigenvalue weighted by atomic mass is 10.3. The van der Waals surface area contributed by atoms with E-state index in [0.717, 1.165) is 0 Å². The van der Waals surface area contributed by atoms with Gasteiger partial charge in [0, 0.05) is 5.23 Å². The van der Waals surface area contributed by atoms with Crippen molar-refractivity contribution in [2.24, 2.45) is 0 Å². The molecule has 0 bridgehead atoms. The fourth-order valence-electron chi connectivity index (χ4n) is 1.25. The highest BCUT2D eigenvalue weighted by molar-refractivity contribution is 5.62. The molecule has 1 amide bonds. The molecule has 0 aliphatic carbocycles. The summed E-state index contributed by atoms with van der Waals surface area (Å²) in [5.41, 5.74) is 0. The number of carboxylic acid groups (broad SMARTS) is 1. The van der Waals surface area contributed by atoms with Crippen LogP contribution in [0.5, 0.6) is 11.5 Å². The molecule has 5 nitrogen and oxygen atoms in total. The molecule has 0 aromatic heterocycles. The lowest BCUT2D eigenvalue weighted by Crippen LogP contribution is -2.36. The largest absolute Gasteiger partial charge is 0.476 e. The topological polar surface area (TPSA) is 59.0 Å². The average Bonchev–Trinajstić information content (AvgIpc) is 2.40. The minimum atomic E-state index is -1.34. The van der Waals surface area contributed by atoms with Crippen LogP contribution >= 0.6 is 0 Å². The Balaban J connectivity index is 2.08. The highest BCUT2D eigenvalue weighted by Crippen LogP contribution is 2.14. The molecule has 0 saturated carbocycles. The number of benzene rings is 2. The van der Waals surface area contributed by atoms with Crippen molar-refractivity contribution in [1.82, 2.24) is 5.23 Å². The molecule has 18 heavy (non-hydrogen) atoms. The first-order valence-corrected chi connectivity index (χ1v) is 5.25. The molecule has 0 unspecified atom stereocenters. The first-order valence-electron chi connectivity index (χ1n) is 5.25. The highest BCUT2D eigenvalue weighted by Gasteiger charge is 2.16. The predicted octanol–water partition coefficient (Wildman–Crippen LogP) is 2.95. The molecule has 92 valence electrons. The second-order valence-corrected chi connectivity index (χ2v) is 3.35. The van der Waals surface area contributed by atoms with E-state index < -0.39 is 6.09 Å². The Morgan fingerprint density at radius 3 is 1.56 bits per heavy atom. The third-order valence-corrected chi connectivity index (χ3v) is 2.02. The number of para-hydroxylation sites is 2. The summed E-state index contributed by atoms with van der Waals surface area (Å²) in [4.78, 5) is 21.2. The lowest BCUT2D eigenvalue weighted by molar-refractivity contribution is -0.219. The van der Waals surface area contributed by atoms with E-state index >= 15 is 0 Å². The van der Waals surface area contributed by atoms with Crippen LogP contribution in [0, 0.1) is 0 Å². The first-order chi connectivity index (χ1) is 8.75. The Bertz CT molecular complexity index is 459. The molecule has 0 aliphatic heterocycles. The van der Waals surface area contributed by atoms with E-state index in [1.165, 1.54) is 0 Å². The van der Waals surface area contributed by atoms with Crippen LogP contribution in [0.2, 0.25) is 0 Å². The number of carbonyl (C=O) groups is 1. The van der Waals surface area contributed by atoms with E-state index in [1.54, 1.807) is 60.7 Å². The van der Waals surface area contributed by atoms with Crippen molar-refractivity contribution in [1.29, 1.82) is 0 Å². The zero-order valence-corrected chi connectivity index (χ0v) is 9.39. The SMILES string of the molecule is O=C(O)N(Oc1ccccc1)Oc1ccccc1. The van der Waals surface area contributed by atoms with Gasteiger partial charge in [-0.05, 0) is 24.3 Å². The summed E-state index contributed by atoms with van der Waals surface area (Å²) in [5.74, 6) is 0.742. The van der Waals surface area contributed by atoms with Gasteiger partial charge < -0.3 is 14.8 Å². The first kappa shape index (κ1) is 11.8. The van der Waals surface area contributed by atoms with Crippen LogP contribution in [-0.2, 0) is 0 Å². The van der Waals surface area contributed by atoms with Crippen molar-refractivity contribution in [3.05, 3.63) is 60.7 Å². The molecule has 2 rings (SSSR count). The van der Waals surface area contributed by atoms with Gasteiger partial charge in [-0.15, -0.1) is 0 Å². The number of hydroxylamine groups is 2. The van der Waals surface area contributed by atoms with E-state index in [2.05, 4.69) is 0 Å². The van der Waals surface area contributed by atoms with E-state index in [0.29, 0.717) is 16.7 Å². The van der Waals surface area contributed by atoms with E-state index in [-0.39, 0.29) is 0 Å². The minimum absolute atomic E-state index is 0.371. The van der Waals surface area contributed by atoms with Crippen LogP contribution in [0.15, 0.2) is 60.7 Å². The summed E-state index contributed by atoms with van der Waals surface area (Å²) in [7, 11) is 0. The summed E-state index contributed by atoms with van der Waals surface area (Å²) in [5, 5.41) is 9.38. The zero-order valence-electron chi connectivity index (χ0n) is 9.39. The van der Waals surface area contributed by atoms with Gasteiger partial charge in [-0.3, -0.25) is 0 Å². The number of nitrogens with zero attached hydrogens (tertiary/aromatic N) is 1. The fourth-order valence-corrected chi connectivity index (χ4v) is 1.25. The smallest absolute Gasteiger partial charge is 0.461 e. The molecule has 0 atom stereocenters. The van der Waals surface area contributed by atoms with Crippen molar-refractivity contribution in [2.75, 3.05) is 0 Å². The molecule has 0 aliphatic rings. The zero-order chi connectivity index (χ0) is 12.8. The van der Waals surface area contributed by atoms with Crippen molar-refractivity contribution in [3.8, 4) is 11.5 Å². The second-order valence-electron chi connectivity index (χ2n) is 3.35. The standard InChI is InChI=1S/C13H11NO4/c15-13(16)14(17-11-7-3-1-4-8-11)18-12-9-5-2-6-10-12/h1-10H,(H,15,16). The molecule has 1 N–H and O–H groups in total. The van der Waals surface area contributed by atoms with Crippen molar-refractivity contribution >= 4 is 6.09 Å². The van der Waals surface area contributed by atoms with Crippen LogP contribution in [0.25, 0.3) is 0 Å². The molecule has 0 radical (unpaired) electrons. The molecule has 0 saturated heterocycles. The third kappa shape index (κ3) is 3.15. The fraction of sp³-hybridized carbons (Fsp3) is 0. The molecule has 0 heterocycles. The van der Waals surface area contributed by atoms with E-state index in [1.807, 2.05) is 0 Å². The van der Waals surface area contributed by atoms with Gasteiger partial charge in [0.1, 0.15) is 0 Å². The Kier molecular flexibility index (Phi) is 3.66. The monoisotopic (exact) mass is 245 g/mol. The third-order valence-electron chi connectivity index (χ3n) is 2.02. The van der Waals surface area contributed by atoms with Crippen molar-refractivity contribution in [2.45, 2.75) is 0 Å². The van der Waals surface area contributed by atoms with Gasteiger partial charge in [0.05, 0.1) is 0 Å². The molecule has 0 fully saturated rings. The van der Waals surface area contributed by atoms with Crippen molar-refractivity contribution < 1.29 is 19.6 Å². The summed E-state index contributed by atoms with van der Waals surface area (Å²) in [6.45, 7) is 0.